The van der Waals surface area contributed by atoms with E-state index >= 15 is 0 Å². The number of hydrogen-bond acceptors (Lipinski definition) is 2. The Morgan fingerprint density at radius 3 is 2.89 bits per heavy atom. The number of nitrogens with two attached hydrogens (primary N) is 1. The number of nitrogens with one attached hydrogen (secondary N) is 1. The maximum atomic E-state index is 7.40. The van der Waals surface area contributed by atoms with E-state index in [0.717, 1.165) is 24.5 Å². The maximum absolute atomic E-state index is 7.40. The second kappa shape index (κ2) is 6.29. The zero-order valence-corrected chi connectivity index (χ0v) is 12.0. The quantitative estimate of drug-likeness (QED) is 0.647. The molecule has 2 atom stereocenters. The predicted octanol–water partition coefficient (Wildman–Crippen LogP) is 3.97. The van der Waals surface area contributed by atoms with Crippen molar-refractivity contribution >= 4 is 17.4 Å². The first-order valence-electron chi connectivity index (χ1n) is 6.90. The average Bonchev–Trinajstić information content (AvgIpc) is 2.38. The lowest BCUT2D eigenvalue weighted by atomic mass is 9.85. The van der Waals surface area contributed by atoms with Crippen LogP contribution in [0.25, 0.3) is 0 Å². The number of ether oxygens (including phenoxy) is 1. The summed E-state index contributed by atoms with van der Waals surface area (Å²) < 4.78 is 6.01. The summed E-state index contributed by atoms with van der Waals surface area (Å²) in [4.78, 5) is 0. The molecule has 2 rings (SSSR count). The van der Waals surface area contributed by atoms with Gasteiger partial charge in [0.05, 0.1) is 11.1 Å². The van der Waals surface area contributed by atoms with Crippen LogP contribution in [0.2, 0.25) is 5.02 Å². The normalized spacial score (nSPS) is 23.1. The maximum Gasteiger partial charge on any atom is 0.124 e. The first-order chi connectivity index (χ1) is 9.10. The summed E-state index contributed by atoms with van der Waals surface area (Å²) in [7, 11) is 0. The van der Waals surface area contributed by atoms with E-state index in [1.54, 1.807) is 12.1 Å². The van der Waals surface area contributed by atoms with Gasteiger partial charge in [-0.2, -0.15) is 0 Å². The van der Waals surface area contributed by atoms with Crippen LogP contribution < -0.4 is 10.5 Å². The Morgan fingerprint density at radius 1 is 1.47 bits per heavy atom. The standard InChI is InChI=1S/C15H21ClN2O/c1-2-10-4-3-5-11(8-10)19-12-6-7-13(15(17)18)14(16)9-12/h6-7,9-11H,2-5,8H2,1H3,(H3,17,18). The Kier molecular flexibility index (Phi) is 4.70. The van der Waals surface area contributed by atoms with Crippen LogP contribution in [-0.4, -0.2) is 11.9 Å². The zero-order valence-electron chi connectivity index (χ0n) is 11.3. The second-order valence-electron chi connectivity index (χ2n) is 5.24. The lowest BCUT2D eigenvalue weighted by Gasteiger charge is -2.29. The van der Waals surface area contributed by atoms with Gasteiger partial charge in [0.2, 0.25) is 0 Å². The molecular formula is C15H21ClN2O. The molecule has 0 radical (unpaired) electrons. The smallest absolute Gasteiger partial charge is 0.124 e. The summed E-state index contributed by atoms with van der Waals surface area (Å²) >= 11 is 6.10. The third-order valence-electron chi connectivity index (χ3n) is 3.85. The number of hydrogen-bond donors (Lipinski definition) is 2. The van der Waals surface area contributed by atoms with Crippen molar-refractivity contribution in [2.45, 2.75) is 45.1 Å². The molecule has 3 nitrogen and oxygen atoms in total. The number of amidine groups is 1. The van der Waals surface area contributed by atoms with Gasteiger partial charge >= 0.3 is 0 Å². The topological polar surface area (TPSA) is 59.1 Å². The molecular weight excluding hydrogens is 260 g/mol. The highest BCUT2D eigenvalue weighted by molar-refractivity contribution is 6.34. The van der Waals surface area contributed by atoms with E-state index < -0.39 is 0 Å². The van der Waals surface area contributed by atoms with Gasteiger partial charge in [-0.3, -0.25) is 5.41 Å². The van der Waals surface area contributed by atoms with Gasteiger partial charge in [0.25, 0.3) is 0 Å². The summed E-state index contributed by atoms with van der Waals surface area (Å²) in [5.74, 6) is 1.54. The van der Waals surface area contributed by atoms with Crippen molar-refractivity contribution in [3.63, 3.8) is 0 Å². The molecule has 1 aromatic rings. The number of rotatable bonds is 4. The first kappa shape index (κ1) is 14.2. The van der Waals surface area contributed by atoms with Gasteiger partial charge in [-0.15, -0.1) is 0 Å². The number of benzene rings is 1. The molecule has 1 saturated carbocycles. The molecule has 1 fully saturated rings. The molecule has 0 bridgehead atoms. The van der Waals surface area contributed by atoms with E-state index in [4.69, 9.17) is 27.5 Å². The summed E-state index contributed by atoms with van der Waals surface area (Å²) in [6.45, 7) is 2.24. The van der Waals surface area contributed by atoms with Crippen molar-refractivity contribution in [1.29, 1.82) is 5.41 Å². The molecule has 0 spiro atoms. The van der Waals surface area contributed by atoms with E-state index in [0.29, 0.717) is 10.6 Å². The predicted molar refractivity (Wildman–Crippen MR) is 79.1 cm³/mol. The van der Waals surface area contributed by atoms with Crippen molar-refractivity contribution in [2.24, 2.45) is 11.7 Å². The molecule has 0 aromatic heterocycles. The highest BCUT2D eigenvalue weighted by atomic mass is 35.5. The van der Waals surface area contributed by atoms with Gasteiger partial charge in [-0.05, 0) is 43.4 Å². The lowest BCUT2D eigenvalue weighted by molar-refractivity contribution is 0.122. The number of halogens is 1. The summed E-state index contributed by atoms with van der Waals surface area (Å²) in [5.41, 5.74) is 6.00. The van der Waals surface area contributed by atoms with E-state index in [-0.39, 0.29) is 11.9 Å². The largest absolute Gasteiger partial charge is 0.490 e. The molecule has 1 aliphatic carbocycles. The molecule has 0 heterocycles. The Bertz CT molecular complexity index is 461. The van der Waals surface area contributed by atoms with E-state index in [9.17, 15) is 0 Å². The van der Waals surface area contributed by atoms with E-state index in [2.05, 4.69) is 6.92 Å². The van der Waals surface area contributed by atoms with Crippen molar-refractivity contribution in [3.8, 4) is 5.75 Å². The highest BCUT2D eigenvalue weighted by Gasteiger charge is 2.22. The molecule has 19 heavy (non-hydrogen) atoms. The van der Waals surface area contributed by atoms with Crippen LogP contribution in [0.3, 0.4) is 0 Å². The van der Waals surface area contributed by atoms with Crippen LogP contribution in [0.1, 0.15) is 44.6 Å². The summed E-state index contributed by atoms with van der Waals surface area (Å²) in [6.07, 6.45) is 6.32. The van der Waals surface area contributed by atoms with Gasteiger partial charge < -0.3 is 10.5 Å². The average molecular weight is 281 g/mol. The molecule has 4 heteroatoms. The minimum atomic E-state index is -0.0136. The molecule has 3 N–H and O–H groups in total. The van der Waals surface area contributed by atoms with Gasteiger partial charge in [0.15, 0.2) is 0 Å². The summed E-state index contributed by atoms with van der Waals surface area (Å²) in [6, 6.07) is 5.35. The van der Waals surface area contributed by atoms with Crippen LogP contribution in [0.15, 0.2) is 18.2 Å². The second-order valence-corrected chi connectivity index (χ2v) is 5.64. The monoisotopic (exact) mass is 280 g/mol. The van der Waals surface area contributed by atoms with Crippen molar-refractivity contribution < 1.29 is 4.74 Å². The molecule has 2 unspecified atom stereocenters. The Hall–Kier alpha value is -1.22. The SMILES string of the molecule is CCC1CCCC(Oc2ccc(C(=N)N)c(Cl)c2)C1. The van der Waals surface area contributed by atoms with Crippen LogP contribution in [0, 0.1) is 11.3 Å². The molecule has 1 aromatic carbocycles. The van der Waals surface area contributed by atoms with E-state index in [1.807, 2.05) is 6.07 Å². The molecule has 104 valence electrons. The van der Waals surface area contributed by atoms with Crippen molar-refractivity contribution in [1.82, 2.24) is 0 Å². The van der Waals surface area contributed by atoms with Gasteiger partial charge in [-0.1, -0.05) is 31.4 Å². The van der Waals surface area contributed by atoms with Crippen LogP contribution in [-0.2, 0) is 0 Å². The highest BCUT2D eigenvalue weighted by Crippen LogP contribution is 2.31. The van der Waals surface area contributed by atoms with Crippen LogP contribution in [0.5, 0.6) is 5.75 Å². The molecule has 0 saturated heterocycles. The Morgan fingerprint density at radius 2 is 2.26 bits per heavy atom. The molecule has 0 aliphatic heterocycles. The van der Waals surface area contributed by atoms with Crippen molar-refractivity contribution in [2.75, 3.05) is 0 Å². The van der Waals surface area contributed by atoms with E-state index in [1.165, 1.54) is 19.3 Å². The van der Waals surface area contributed by atoms with Crippen molar-refractivity contribution in [3.05, 3.63) is 28.8 Å². The van der Waals surface area contributed by atoms with Gasteiger partial charge in [-0.25, -0.2) is 0 Å². The minimum absolute atomic E-state index is 0.0136. The number of nitrogen functional groups attached to an aromatic ring is 1. The Balaban J connectivity index is 2.03. The third-order valence-corrected chi connectivity index (χ3v) is 4.16. The fraction of sp³-hybridized carbons (Fsp3) is 0.533. The van der Waals surface area contributed by atoms with Gasteiger partial charge in [0.1, 0.15) is 11.6 Å². The minimum Gasteiger partial charge on any atom is -0.490 e. The van der Waals surface area contributed by atoms with Gasteiger partial charge in [0, 0.05) is 5.56 Å². The lowest BCUT2D eigenvalue weighted by Crippen LogP contribution is -2.25. The first-order valence-corrected chi connectivity index (χ1v) is 7.28. The van der Waals surface area contributed by atoms with Crippen LogP contribution in [0.4, 0.5) is 0 Å². The zero-order chi connectivity index (χ0) is 13.8. The summed E-state index contributed by atoms with van der Waals surface area (Å²) in [5, 5.41) is 7.88. The third kappa shape index (κ3) is 3.63. The molecule has 1 aliphatic rings. The molecule has 0 amide bonds. The fourth-order valence-electron chi connectivity index (χ4n) is 2.70. The van der Waals surface area contributed by atoms with Crippen LogP contribution >= 0.6 is 11.6 Å². The Labute approximate surface area is 119 Å². The fourth-order valence-corrected chi connectivity index (χ4v) is 2.97.